The van der Waals surface area contributed by atoms with Gasteiger partial charge in [-0.15, -0.1) is 11.3 Å². The van der Waals surface area contributed by atoms with E-state index in [0.717, 1.165) is 0 Å². The quantitative estimate of drug-likeness (QED) is 0.904. The first-order valence-electron chi connectivity index (χ1n) is 5.30. The van der Waals surface area contributed by atoms with Crippen molar-refractivity contribution in [1.29, 1.82) is 0 Å². The third kappa shape index (κ3) is 2.17. The van der Waals surface area contributed by atoms with Gasteiger partial charge in [0, 0.05) is 24.4 Å². The van der Waals surface area contributed by atoms with Gasteiger partial charge in [0.25, 0.3) is 5.91 Å². The molecule has 1 N–H and O–H groups in total. The number of aliphatic carboxylic acids is 1. The fourth-order valence-corrected chi connectivity index (χ4v) is 2.64. The number of hydrogen-bond acceptors (Lipinski definition) is 4. The maximum atomic E-state index is 13.8. The van der Waals surface area contributed by atoms with Gasteiger partial charge in [-0.2, -0.15) is 0 Å². The predicted molar refractivity (Wildman–Crippen MR) is 62.9 cm³/mol. The van der Waals surface area contributed by atoms with Crippen molar-refractivity contribution in [3.63, 3.8) is 0 Å². The molecule has 98 valence electrons. The maximum absolute atomic E-state index is 13.8. The molecule has 0 radical (unpaired) electrons. The number of methoxy groups -OCH3 is 1. The number of halogens is 1. The third-order valence-corrected chi connectivity index (χ3v) is 3.81. The monoisotopic (exact) mass is 273 g/mol. The van der Waals surface area contributed by atoms with E-state index in [-0.39, 0.29) is 18.9 Å². The average molecular weight is 273 g/mol. The molecule has 2 heterocycles. The normalized spacial score (nSPS) is 23.1. The number of carboxylic acids is 1. The first-order valence-corrected chi connectivity index (χ1v) is 6.18. The van der Waals surface area contributed by atoms with Gasteiger partial charge in [-0.05, 0) is 0 Å². The van der Waals surface area contributed by atoms with Crippen molar-refractivity contribution >= 4 is 23.2 Å². The molecule has 0 spiro atoms. The van der Waals surface area contributed by atoms with Crippen LogP contribution < -0.4 is 4.74 Å². The summed E-state index contributed by atoms with van der Waals surface area (Å²) in [5.74, 6) is -1.31. The summed E-state index contributed by atoms with van der Waals surface area (Å²) in [5.41, 5.74) is -2.32. The van der Waals surface area contributed by atoms with E-state index in [1.165, 1.54) is 23.3 Å². The van der Waals surface area contributed by atoms with Crippen molar-refractivity contribution in [3.8, 4) is 5.75 Å². The maximum Gasteiger partial charge on any atom is 0.343 e. The summed E-state index contributed by atoms with van der Waals surface area (Å²) in [6.45, 7) is -0.288. The van der Waals surface area contributed by atoms with Gasteiger partial charge in [0.2, 0.25) is 5.67 Å². The Hall–Kier alpha value is -1.63. The van der Waals surface area contributed by atoms with E-state index in [4.69, 9.17) is 9.84 Å². The molecule has 1 aromatic heterocycles. The fourth-order valence-electron chi connectivity index (χ4n) is 1.81. The molecule has 0 saturated carbocycles. The van der Waals surface area contributed by atoms with Gasteiger partial charge in [0.05, 0.1) is 18.5 Å². The van der Waals surface area contributed by atoms with Crippen LogP contribution in [-0.2, 0) is 4.79 Å². The number of amides is 1. The van der Waals surface area contributed by atoms with Crippen LogP contribution in [0.3, 0.4) is 0 Å². The molecule has 1 amide bonds. The van der Waals surface area contributed by atoms with Crippen LogP contribution in [0, 0.1) is 0 Å². The van der Waals surface area contributed by atoms with Gasteiger partial charge < -0.3 is 14.7 Å². The Morgan fingerprint density at radius 1 is 1.61 bits per heavy atom. The number of likely N-dealkylation sites (tertiary alicyclic amines) is 1. The van der Waals surface area contributed by atoms with Gasteiger partial charge in [-0.25, -0.2) is 9.18 Å². The van der Waals surface area contributed by atoms with E-state index in [0.29, 0.717) is 10.6 Å². The van der Waals surface area contributed by atoms with E-state index in [1.807, 2.05) is 0 Å². The summed E-state index contributed by atoms with van der Waals surface area (Å²) < 4.78 is 18.8. The molecular weight excluding hydrogens is 261 g/mol. The van der Waals surface area contributed by atoms with Crippen LogP contribution in [0.5, 0.6) is 5.75 Å². The van der Waals surface area contributed by atoms with Gasteiger partial charge >= 0.3 is 5.97 Å². The molecule has 2 rings (SSSR count). The molecule has 0 aliphatic carbocycles. The van der Waals surface area contributed by atoms with Gasteiger partial charge in [-0.3, -0.25) is 4.79 Å². The minimum atomic E-state index is -2.32. The topological polar surface area (TPSA) is 66.8 Å². The van der Waals surface area contributed by atoms with Crippen LogP contribution in [0.1, 0.15) is 16.1 Å². The second-order valence-corrected chi connectivity index (χ2v) is 5.01. The zero-order valence-electron chi connectivity index (χ0n) is 9.68. The number of carbonyl (C=O) groups is 2. The smallest absolute Gasteiger partial charge is 0.343 e. The Bertz CT molecular complexity index is 489. The molecule has 1 aliphatic rings. The largest absolute Gasteiger partial charge is 0.496 e. The molecule has 18 heavy (non-hydrogen) atoms. The molecule has 0 aromatic carbocycles. The van der Waals surface area contributed by atoms with Crippen LogP contribution >= 0.6 is 11.3 Å². The van der Waals surface area contributed by atoms with Crippen LogP contribution in [-0.4, -0.2) is 47.8 Å². The Labute approximate surface area is 107 Å². The van der Waals surface area contributed by atoms with Gasteiger partial charge in [0.1, 0.15) is 5.75 Å². The highest BCUT2D eigenvalue weighted by molar-refractivity contribution is 7.12. The lowest BCUT2D eigenvalue weighted by atomic mass is 10.1. The van der Waals surface area contributed by atoms with Crippen molar-refractivity contribution < 1.29 is 23.8 Å². The lowest BCUT2D eigenvalue weighted by molar-refractivity contribution is -0.149. The first kappa shape index (κ1) is 12.8. The highest BCUT2D eigenvalue weighted by atomic mass is 32.1. The van der Waals surface area contributed by atoms with Crippen molar-refractivity contribution in [2.24, 2.45) is 0 Å². The molecule has 1 atom stereocenters. The van der Waals surface area contributed by atoms with Crippen LogP contribution in [0.25, 0.3) is 0 Å². The zero-order chi connectivity index (χ0) is 13.3. The van der Waals surface area contributed by atoms with E-state index < -0.39 is 18.2 Å². The number of alkyl halides is 1. The molecule has 1 aliphatic heterocycles. The molecular formula is C11H12FNO4S. The molecule has 5 nitrogen and oxygen atoms in total. The van der Waals surface area contributed by atoms with E-state index in [1.54, 1.807) is 11.4 Å². The molecule has 1 unspecified atom stereocenters. The second-order valence-electron chi connectivity index (χ2n) is 4.10. The van der Waals surface area contributed by atoms with Crippen molar-refractivity contribution in [3.05, 3.63) is 16.3 Å². The van der Waals surface area contributed by atoms with Gasteiger partial charge in [0.15, 0.2) is 0 Å². The first-order chi connectivity index (χ1) is 8.46. The highest BCUT2D eigenvalue weighted by Gasteiger charge is 2.47. The van der Waals surface area contributed by atoms with E-state index in [2.05, 4.69) is 0 Å². The van der Waals surface area contributed by atoms with Crippen molar-refractivity contribution in [1.82, 2.24) is 4.90 Å². The Balaban J connectivity index is 2.10. The fraction of sp³-hybridized carbons (Fsp3) is 0.455. The Kier molecular flexibility index (Phi) is 3.25. The highest BCUT2D eigenvalue weighted by Crippen LogP contribution is 2.29. The molecule has 7 heteroatoms. The summed E-state index contributed by atoms with van der Waals surface area (Å²) in [7, 11) is 1.49. The molecule has 1 aromatic rings. The van der Waals surface area contributed by atoms with Crippen LogP contribution in [0.15, 0.2) is 11.4 Å². The minimum absolute atomic E-state index is 0.113. The number of ether oxygens (including phenoxy) is 1. The summed E-state index contributed by atoms with van der Waals surface area (Å²) in [5, 5.41) is 10.4. The molecule has 1 fully saturated rings. The SMILES string of the molecule is COc1csc(C(=O)N2CCC(F)(C(=O)O)C2)c1. The lowest BCUT2D eigenvalue weighted by Gasteiger charge is -2.16. The summed E-state index contributed by atoms with van der Waals surface area (Å²) in [4.78, 5) is 24.4. The third-order valence-electron chi connectivity index (χ3n) is 2.91. The van der Waals surface area contributed by atoms with E-state index in [9.17, 15) is 14.0 Å². The second kappa shape index (κ2) is 4.56. The predicted octanol–water partition coefficient (Wildman–Crippen LogP) is 1.40. The average Bonchev–Trinajstić information content (AvgIpc) is 2.95. The summed E-state index contributed by atoms with van der Waals surface area (Å²) in [6.07, 6.45) is -0.170. The minimum Gasteiger partial charge on any atom is -0.496 e. The number of hydrogen-bond donors (Lipinski definition) is 1. The summed E-state index contributed by atoms with van der Waals surface area (Å²) in [6, 6.07) is 1.56. The van der Waals surface area contributed by atoms with E-state index >= 15 is 0 Å². The van der Waals surface area contributed by atoms with Crippen LogP contribution in [0.4, 0.5) is 4.39 Å². The van der Waals surface area contributed by atoms with Crippen molar-refractivity contribution in [2.75, 3.05) is 20.2 Å². The number of nitrogens with zero attached hydrogens (tertiary/aromatic N) is 1. The lowest BCUT2D eigenvalue weighted by Crippen LogP contribution is -2.38. The molecule has 1 saturated heterocycles. The van der Waals surface area contributed by atoms with Crippen LogP contribution in [0.2, 0.25) is 0 Å². The number of carbonyl (C=O) groups excluding carboxylic acids is 1. The Morgan fingerprint density at radius 3 is 2.83 bits per heavy atom. The zero-order valence-corrected chi connectivity index (χ0v) is 10.5. The molecule has 0 bridgehead atoms. The standard InChI is InChI=1S/C11H12FNO4S/c1-17-7-4-8(18-5-7)9(14)13-3-2-11(12,6-13)10(15)16/h4-5H,2-3,6H2,1H3,(H,15,16). The van der Waals surface area contributed by atoms with Gasteiger partial charge in [-0.1, -0.05) is 0 Å². The van der Waals surface area contributed by atoms with Crippen molar-refractivity contribution in [2.45, 2.75) is 12.1 Å². The Morgan fingerprint density at radius 2 is 2.33 bits per heavy atom. The number of carboxylic acid groups (broad SMARTS) is 1. The number of rotatable bonds is 3. The number of thiophene rings is 1. The summed E-state index contributed by atoms with van der Waals surface area (Å²) >= 11 is 1.19.